The summed E-state index contributed by atoms with van der Waals surface area (Å²) in [6.07, 6.45) is -4.67. The number of hydrogen-bond donors (Lipinski definition) is 3. The minimum atomic E-state index is -4.97. The van der Waals surface area contributed by atoms with Crippen LogP contribution in [-0.2, 0) is 18.3 Å². The van der Waals surface area contributed by atoms with Crippen LogP contribution < -0.4 is 0 Å². The van der Waals surface area contributed by atoms with Crippen LogP contribution in [0.5, 0.6) is 0 Å². The van der Waals surface area contributed by atoms with Gasteiger partial charge < -0.3 is 15.3 Å². The summed E-state index contributed by atoms with van der Waals surface area (Å²) in [5, 5.41) is 31.0. The molecule has 0 spiro atoms. The summed E-state index contributed by atoms with van der Waals surface area (Å²) in [4.78, 5) is 11.4. The molecule has 0 amide bonds. The van der Waals surface area contributed by atoms with Gasteiger partial charge in [-0.2, -0.15) is 13.2 Å². The fourth-order valence-corrected chi connectivity index (χ4v) is 5.80. The van der Waals surface area contributed by atoms with E-state index in [1.807, 2.05) is 30.3 Å². The standard InChI is InChI=1S/C24H25F3O4/c1-21(30)14-22(12-15-5-3-2-4-6-15)18(13-23(21,31)24(25,26)27)9-7-16-11-17(20(28)29)8-10-19(16)22/h2-6,8,10-11,18,30-31H,7,9,12-14H2,1H3,(H,28,29)/t18-,21-,22-,23+/m1/s1. The van der Waals surface area contributed by atoms with Gasteiger partial charge in [-0.25, -0.2) is 4.79 Å². The van der Waals surface area contributed by atoms with Crippen LogP contribution in [0.1, 0.15) is 53.2 Å². The number of rotatable bonds is 3. The maximum Gasteiger partial charge on any atom is 0.420 e. The van der Waals surface area contributed by atoms with E-state index in [0.29, 0.717) is 19.3 Å². The van der Waals surface area contributed by atoms with Gasteiger partial charge in [-0.15, -0.1) is 0 Å². The molecule has 2 aromatic rings. The third kappa shape index (κ3) is 3.34. The Morgan fingerprint density at radius 3 is 2.42 bits per heavy atom. The number of fused-ring (bicyclic) bond motifs is 3. The number of carboxylic acids is 1. The van der Waals surface area contributed by atoms with Crippen molar-refractivity contribution >= 4 is 5.97 Å². The first-order valence-corrected chi connectivity index (χ1v) is 10.3. The van der Waals surface area contributed by atoms with Gasteiger partial charge in [0.15, 0.2) is 5.60 Å². The molecule has 0 saturated heterocycles. The summed E-state index contributed by atoms with van der Waals surface area (Å²) >= 11 is 0. The van der Waals surface area contributed by atoms with Crippen LogP contribution in [0.15, 0.2) is 48.5 Å². The predicted octanol–water partition coefficient (Wildman–Crippen LogP) is 4.27. The summed E-state index contributed by atoms with van der Waals surface area (Å²) in [6.45, 7) is 1.06. The van der Waals surface area contributed by atoms with Crippen molar-refractivity contribution in [2.75, 3.05) is 0 Å². The Bertz CT molecular complexity index is 1000. The van der Waals surface area contributed by atoms with Crippen molar-refractivity contribution in [1.82, 2.24) is 0 Å². The van der Waals surface area contributed by atoms with Crippen molar-refractivity contribution in [3.8, 4) is 0 Å². The molecule has 4 nitrogen and oxygen atoms in total. The Hall–Kier alpha value is -2.38. The van der Waals surface area contributed by atoms with E-state index in [2.05, 4.69) is 0 Å². The van der Waals surface area contributed by atoms with Crippen molar-refractivity contribution in [1.29, 1.82) is 0 Å². The van der Waals surface area contributed by atoms with Gasteiger partial charge in [0.2, 0.25) is 0 Å². The molecule has 2 aliphatic carbocycles. The molecule has 0 heterocycles. The molecule has 0 unspecified atom stereocenters. The molecule has 2 aromatic carbocycles. The zero-order chi connectivity index (χ0) is 22.7. The van der Waals surface area contributed by atoms with Crippen LogP contribution in [0.4, 0.5) is 13.2 Å². The number of benzene rings is 2. The van der Waals surface area contributed by atoms with Crippen LogP contribution in [0.25, 0.3) is 0 Å². The van der Waals surface area contributed by atoms with E-state index in [4.69, 9.17) is 0 Å². The first-order chi connectivity index (χ1) is 14.4. The number of hydrogen-bond acceptors (Lipinski definition) is 3. The lowest BCUT2D eigenvalue weighted by molar-refractivity contribution is -0.338. The van der Waals surface area contributed by atoms with Gasteiger partial charge in [-0.05, 0) is 73.8 Å². The van der Waals surface area contributed by atoms with E-state index in [-0.39, 0.29) is 12.0 Å². The number of halogens is 3. The average molecular weight is 434 g/mol. The number of aryl methyl sites for hydroxylation is 1. The smallest absolute Gasteiger partial charge is 0.420 e. The van der Waals surface area contributed by atoms with Gasteiger partial charge in [0, 0.05) is 5.41 Å². The van der Waals surface area contributed by atoms with Crippen LogP contribution in [0.2, 0.25) is 0 Å². The summed E-state index contributed by atoms with van der Waals surface area (Å²) in [6, 6.07) is 14.1. The topological polar surface area (TPSA) is 77.8 Å². The minimum absolute atomic E-state index is 0.126. The molecule has 166 valence electrons. The zero-order valence-corrected chi connectivity index (χ0v) is 17.1. The van der Waals surface area contributed by atoms with Crippen molar-refractivity contribution in [2.24, 2.45) is 5.92 Å². The van der Waals surface area contributed by atoms with Crippen molar-refractivity contribution in [2.45, 2.75) is 61.8 Å². The highest BCUT2D eigenvalue weighted by atomic mass is 19.4. The molecule has 2 aliphatic rings. The first kappa shape index (κ1) is 21.8. The molecule has 1 fully saturated rings. The van der Waals surface area contributed by atoms with Gasteiger partial charge in [0.1, 0.15) is 5.60 Å². The molecule has 0 radical (unpaired) electrons. The quantitative estimate of drug-likeness (QED) is 0.675. The first-order valence-electron chi connectivity index (χ1n) is 10.3. The Morgan fingerprint density at radius 2 is 1.81 bits per heavy atom. The van der Waals surface area contributed by atoms with Crippen molar-refractivity contribution in [3.63, 3.8) is 0 Å². The third-order valence-corrected chi connectivity index (χ3v) is 7.36. The molecule has 3 N–H and O–H groups in total. The minimum Gasteiger partial charge on any atom is -0.478 e. The maximum atomic E-state index is 13.9. The Labute approximate surface area is 178 Å². The second-order valence-electron chi connectivity index (χ2n) is 9.24. The van der Waals surface area contributed by atoms with E-state index < -0.39 is 41.1 Å². The highest BCUT2D eigenvalue weighted by molar-refractivity contribution is 5.88. The van der Waals surface area contributed by atoms with Gasteiger partial charge in [-0.1, -0.05) is 36.4 Å². The van der Waals surface area contributed by atoms with Gasteiger partial charge in [0.25, 0.3) is 0 Å². The molecule has 4 rings (SSSR count). The molecule has 4 atom stereocenters. The van der Waals surface area contributed by atoms with E-state index in [1.54, 1.807) is 12.1 Å². The summed E-state index contributed by atoms with van der Waals surface area (Å²) in [7, 11) is 0. The largest absolute Gasteiger partial charge is 0.478 e. The SMILES string of the molecule is C[C@@]1(O)C[C@@]2(Cc3ccccc3)c3ccc(C(=O)O)cc3CC[C@@H]2C[C@@]1(O)C(F)(F)F. The highest BCUT2D eigenvalue weighted by Gasteiger charge is 2.70. The lowest BCUT2D eigenvalue weighted by Gasteiger charge is -2.59. The summed E-state index contributed by atoms with van der Waals surface area (Å²) < 4.78 is 41.7. The lowest BCUT2D eigenvalue weighted by atomic mass is 9.49. The van der Waals surface area contributed by atoms with Crippen molar-refractivity contribution in [3.05, 3.63) is 70.8 Å². The van der Waals surface area contributed by atoms with E-state index >= 15 is 0 Å². The van der Waals surface area contributed by atoms with Crippen LogP contribution >= 0.6 is 0 Å². The molecule has 7 heteroatoms. The van der Waals surface area contributed by atoms with Crippen molar-refractivity contribution < 1.29 is 33.3 Å². The summed E-state index contributed by atoms with van der Waals surface area (Å²) in [5.41, 5.74) is -3.88. The van der Waals surface area contributed by atoms with Gasteiger partial charge >= 0.3 is 12.1 Å². The summed E-state index contributed by atoms with van der Waals surface area (Å²) in [5.74, 6) is -1.59. The number of carbonyl (C=O) groups is 1. The number of carboxylic acid groups (broad SMARTS) is 1. The number of aliphatic hydroxyl groups is 2. The Balaban J connectivity index is 1.89. The fourth-order valence-electron chi connectivity index (χ4n) is 5.80. The molecular formula is C24H25F3O4. The van der Waals surface area contributed by atoms with Crippen LogP contribution in [0, 0.1) is 5.92 Å². The maximum absolute atomic E-state index is 13.9. The van der Waals surface area contributed by atoms with Gasteiger partial charge in [-0.3, -0.25) is 0 Å². The molecule has 0 aromatic heterocycles. The number of aromatic carboxylic acids is 1. The van der Waals surface area contributed by atoms with E-state index in [9.17, 15) is 33.3 Å². The van der Waals surface area contributed by atoms with E-state index in [0.717, 1.165) is 23.6 Å². The second kappa shape index (κ2) is 7.07. The molecule has 1 saturated carbocycles. The van der Waals surface area contributed by atoms with E-state index in [1.165, 1.54) is 6.07 Å². The fraction of sp³-hybridized carbons (Fsp3) is 0.458. The Kier molecular flexibility index (Phi) is 4.98. The molecule has 0 aliphatic heterocycles. The third-order valence-electron chi connectivity index (χ3n) is 7.36. The predicted molar refractivity (Wildman–Crippen MR) is 108 cm³/mol. The average Bonchev–Trinajstić information content (AvgIpc) is 2.68. The van der Waals surface area contributed by atoms with Crippen LogP contribution in [-0.4, -0.2) is 38.7 Å². The monoisotopic (exact) mass is 434 g/mol. The van der Waals surface area contributed by atoms with Gasteiger partial charge in [0.05, 0.1) is 5.56 Å². The van der Waals surface area contributed by atoms with Crippen LogP contribution in [0.3, 0.4) is 0 Å². The molecule has 0 bridgehead atoms. The normalized spacial score (nSPS) is 32.8. The Morgan fingerprint density at radius 1 is 1.13 bits per heavy atom. The second-order valence-corrected chi connectivity index (χ2v) is 9.24. The lowest BCUT2D eigenvalue weighted by Crippen LogP contribution is -2.69. The molecular weight excluding hydrogens is 409 g/mol. The highest BCUT2D eigenvalue weighted by Crippen LogP contribution is 2.60. The zero-order valence-electron chi connectivity index (χ0n) is 17.1. The molecule has 31 heavy (non-hydrogen) atoms. The number of alkyl halides is 3.